The normalized spacial score (nSPS) is 19.4. The molecule has 0 spiro atoms. The van der Waals surface area contributed by atoms with Crippen LogP contribution in [0.4, 0.5) is 0 Å². The Kier molecular flexibility index (Phi) is 15.2. The first-order valence-electron chi connectivity index (χ1n) is 15.2. The average Bonchev–Trinajstić information content (AvgIpc) is 3.10. The molecule has 0 amide bonds. The second kappa shape index (κ2) is 18.3. The topological polar surface area (TPSA) is 167 Å². The van der Waals surface area contributed by atoms with Gasteiger partial charge in [-0.05, 0) is 36.5 Å². The summed E-state index contributed by atoms with van der Waals surface area (Å²) in [6.07, 6.45) is 13.3. The Morgan fingerprint density at radius 1 is 0.680 bits per heavy atom. The fourth-order valence-electron chi connectivity index (χ4n) is 5.00. The van der Waals surface area contributed by atoms with Gasteiger partial charge in [0.1, 0.15) is 11.3 Å². The summed E-state index contributed by atoms with van der Waals surface area (Å²) in [6, 6.07) is 0. The Balaban J connectivity index is 0.000000299. The number of ketones is 4. The van der Waals surface area contributed by atoms with E-state index in [4.69, 9.17) is 14.2 Å². The number of rotatable bonds is 11. The van der Waals surface area contributed by atoms with Gasteiger partial charge < -0.3 is 33.2 Å². The van der Waals surface area contributed by atoms with Crippen LogP contribution in [0.3, 0.4) is 0 Å². The minimum Gasteiger partial charge on any atom is -0.500 e. The van der Waals surface area contributed by atoms with Gasteiger partial charge in [0.2, 0.25) is 0 Å². The second-order valence-corrected chi connectivity index (χ2v) is 13.2. The van der Waals surface area contributed by atoms with E-state index in [0.717, 1.165) is 36.3 Å². The van der Waals surface area contributed by atoms with Crippen LogP contribution in [0.2, 0.25) is 0 Å². The molecule has 0 aliphatic heterocycles. The van der Waals surface area contributed by atoms with Gasteiger partial charge in [-0.15, -0.1) is 0 Å². The van der Waals surface area contributed by atoms with Gasteiger partial charge >= 0.3 is 13.3 Å². The summed E-state index contributed by atoms with van der Waals surface area (Å²) in [7, 11) is 7.78. The summed E-state index contributed by atoms with van der Waals surface area (Å²) in [6.45, 7) is 6.37. The van der Waals surface area contributed by atoms with Crippen LogP contribution in [-0.2, 0) is 61.7 Å². The third-order valence-corrected chi connectivity index (χ3v) is 9.11. The molecule has 0 saturated carbocycles. The van der Waals surface area contributed by atoms with Crippen molar-refractivity contribution in [3.63, 3.8) is 0 Å². The molecule has 270 valence electrons. The lowest BCUT2D eigenvalue weighted by Crippen LogP contribution is -2.34. The molecule has 0 radical (unpaired) electrons. The van der Waals surface area contributed by atoms with Crippen molar-refractivity contribution in [3.05, 3.63) is 94.1 Å². The Bertz CT molecular complexity index is 1550. The molecule has 1 atom stereocenters. The van der Waals surface area contributed by atoms with Crippen LogP contribution in [0.1, 0.15) is 33.6 Å². The van der Waals surface area contributed by atoms with Crippen molar-refractivity contribution in [3.8, 4) is 0 Å². The van der Waals surface area contributed by atoms with E-state index in [1.807, 2.05) is 13.0 Å². The van der Waals surface area contributed by atoms with Crippen LogP contribution >= 0.6 is 7.80 Å². The number of Topliss-reactive ketones (excluding diaryl/α,β-unsaturated/α-hetero) is 2. The summed E-state index contributed by atoms with van der Waals surface area (Å²) in [5, 5.41) is 0. The third-order valence-electron chi connectivity index (χ3n) is 7.79. The zero-order chi connectivity index (χ0) is 37.8. The maximum absolute atomic E-state index is 12.8. The van der Waals surface area contributed by atoms with E-state index >= 15 is 0 Å². The fourth-order valence-corrected chi connectivity index (χ4v) is 6.30. The molecule has 14 heteroatoms. The van der Waals surface area contributed by atoms with Crippen molar-refractivity contribution in [2.75, 3.05) is 55.9 Å². The highest BCUT2D eigenvalue weighted by atomic mass is 31.1. The first-order valence-corrected chi connectivity index (χ1v) is 16.6. The van der Waals surface area contributed by atoms with Crippen molar-refractivity contribution in [2.24, 2.45) is 5.41 Å². The number of methoxy groups -OCH3 is 7. The van der Waals surface area contributed by atoms with E-state index in [2.05, 4.69) is 38.9 Å². The van der Waals surface area contributed by atoms with E-state index in [-0.39, 0.29) is 52.6 Å². The first-order chi connectivity index (χ1) is 23.5. The molecule has 50 heavy (non-hydrogen) atoms. The fraction of sp³-hybridized carbons (Fsp3) is 0.417. The SMILES string of the molecule is COC1=C(C(=O)[P+](=O)CC2=C(C)CC(C)(C)C=C2)C=CC(OC)(OC)C1.COC1=CC(=O)C=C(OC)C1=O.COC1=CC(=O)C=C(OC)C1=O. The van der Waals surface area contributed by atoms with Crippen LogP contribution in [-0.4, -0.2) is 90.4 Å². The lowest BCUT2D eigenvalue weighted by molar-refractivity contribution is -0.174. The maximum atomic E-state index is 12.8. The predicted octanol–water partition coefficient (Wildman–Crippen LogP) is 4.89. The van der Waals surface area contributed by atoms with E-state index < -0.39 is 30.7 Å². The summed E-state index contributed by atoms with van der Waals surface area (Å²) < 4.78 is 47.6. The second-order valence-electron chi connectivity index (χ2n) is 11.7. The molecule has 0 aromatic rings. The van der Waals surface area contributed by atoms with Gasteiger partial charge in [0.05, 0.1) is 42.0 Å². The Morgan fingerprint density at radius 3 is 1.48 bits per heavy atom. The van der Waals surface area contributed by atoms with Crippen LogP contribution in [0.5, 0.6) is 0 Å². The van der Waals surface area contributed by atoms with E-state index in [1.54, 1.807) is 12.2 Å². The van der Waals surface area contributed by atoms with Crippen LogP contribution in [0, 0.1) is 5.41 Å². The quantitative estimate of drug-likeness (QED) is 0.161. The number of hydrogen-bond donors (Lipinski definition) is 0. The minimum absolute atomic E-state index is 0.0133. The number of allylic oxidation sites excluding steroid dienone is 10. The molecule has 13 nitrogen and oxygen atoms in total. The van der Waals surface area contributed by atoms with E-state index in [0.29, 0.717) is 11.3 Å². The van der Waals surface area contributed by atoms with Crippen molar-refractivity contribution in [1.82, 2.24) is 0 Å². The summed E-state index contributed by atoms with van der Waals surface area (Å²) >= 11 is 0. The van der Waals surface area contributed by atoms with Crippen molar-refractivity contribution in [2.45, 2.75) is 39.4 Å². The van der Waals surface area contributed by atoms with E-state index in [9.17, 15) is 28.5 Å². The number of carbonyl (C=O) groups is 5. The van der Waals surface area contributed by atoms with Crippen LogP contribution < -0.4 is 0 Å². The summed E-state index contributed by atoms with van der Waals surface area (Å²) in [5.41, 5.74) is 2.21. The van der Waals surface area contributed by atoms with Gasteiger partial charge in [0, 0.05) is 38.5 Å². The van der Waals surface area contributed by atoms with Crippen LogP contribution in [0.15, 0.2) is 94.1 Å². The number of ether oxygens (including phenoxy) is 7. The smallest absolute Gasteiger partial charge is 0.424 e. The summed E-state index contributed by atoms with van der Waals surface area (Å²) in [5.74, 6) is -1.89. The number of carbonyl (C=O) groups excluding carboxylic acids is 5. The zero-order valence-corrected chi connectivity index (χ0v) is 30.9. The average molecular weight is 716 g/mol. The zero-order valence-electron chi connectivity index (χ0n) is 30.0. The predicted molar refractivity (Wildman–Crippen MR) is 183 cm³/mol. The summed E-state index contributed by atoms with van der Waals surface area (Å²) in [4.78, 5) is 56.9. The van der Waals surface area contributed by atoms with Crippen molar-refractivity contribution < 1.29 is 61.7 Å². The Hall–Kier alpha value is -4.71. The molecule has 0 saturated heterocycles. The van der Waals surface area contributed by atoms with Gasteiger partial charge in [0.25, 0.3) is 11.6 Å². The standard InChI is InChI=1S/C20H28O5P.2C8H8O4/c1-14-11-19(2,3)9-7-15(14)13-26(22)18(21)16-8-10-20(24-5,25-6)12-17(16)23-4;2*1-11-6-3-5(9)4-7(12-2)8(6)10/h7-10H,11-13H2,1-6H3;2*3-4H,1-2H3/q+1;;. The molecular formula is C36H44O13P+. The third kappa shape index (κ3) is 10.6. The Labute approximate surface area is 292 Å². The van der Waals surface area contributed by atoms with Crippen LogP contribution in [0.25, 0.3) is 0 Å². The molecule has 4 aliphatic rings. The lowest BCUT2D eigenvalue weighted by Gasteiger charge is -2.30. The van der Waals surface area contributed by atoms with E-state index in [1.165, 1.54) is 55.3 Å². The molecule has 1 unspecified atom stereocenters. The van der Waals surface area contributed by atoms with Crippen molar-refractivity contribution in [1.29, 1.82) is 0 Å². The molecule has 4 rings (SSSR count). The highest BCUT2D eigenvalue weighted by Gasteiger charge is 2.41. The first kappa shape index (κ1) is 41.5. The molecule has 0 bridgehead atoms. The molecule has 0 aromatic heterocycles. The highest BCUT2D eigenvalue weighted by Crippen LogP contribution is 2.40. The molecule has 0 heterocycles. The van der Waals surface area contributed by atoms with Gasteiger partial charge in [-0.2, -0.15) is 0 Å². The lowest BCUT2D eigenvalue weighted by atomic mass is 9.80. The molecule has 4 aliphatic carbocycles. The molecular weight excluding hydrogens is 671 g/mol. The van der Waals surface area contributed by atoms with Gasteiger partial charge in [-0.1, -0.05) is 36.1 Å². The molecule has 0 fully saturated rings. The minimum atomic E-state index is -2.09. The highest BCUT2D eigenvalue weighted by molar-refractivity contribution is 7.64. The maximum Gasteiger partial charge on any atom is 0.424 e. The molecule has 0 N–H and O–H groups in total. The van der Waals surface area contributed by atoms with Gasteiger partial charge in [0.15, 0.2) is 46.6 Å². The largest absolute Gasteiger partial charge is 0.500 e. The number of hydrogen-bond acceptors (Lipinski definition) is 13. The Morgan fingerprint density at radius 2 is 1.12 bits per heavy atom. The van der Waals surface area contributed by atoms with Gasteiger partial charge in [-0.25, -0.2) is 4.79 Å². The monoisotopic (exact) mass is 715 g/mol. The van der Waals surface area contributed by atoms with Gasteiger partial charge in [-0.3, -0.25) is 19.2 Å². The molecule has 0 aromatic carbocycles. The van der Waals surface area contributed by atoms with Crippen molar-refractivity contribution >= 4 is 36.5 Å².